The molecule has 1 aliphatic heterocycles. The molecule has 0 radical (unpaired) electrons. The van der Waals surface area contributed by atoms with Crippen LogP contribution in [-0.4, -0.2) is 41.8 Å². The SMILES string of the molecule is CC(c1ccco1)N(C)C(=O)C1CCN(C(=O)c2ccc(F)cc2F)CC1. The van der Waals surface area contributed by atoms with E-state index in [0.717, 1.165) is 12.1 Å². The summed E-state index contributed by atoms with van der Waals surface area (Å²) in [5, 5.41) is 0. The van der Waals surface area contributed by atoms with E-state index in [1.165, 1.54) is 4.90 Å². The van der Waals surface area contributed by atoms with E-state index in [1.54, 1.807) is 24.3 Å². The summed E-state index contributed by atoms with van der Waals surface area (Å²) in [5.41, 5.74) is -0.148. The van der Waals surface area contributed by atoms with E-state index in [9.17, 15) is 18.4 Å². The molecule has 1 aromatic carbocycles. The molecule has 1 aliphatic rings. The smallest absolute Gasteiger partial charge is 0.256 e. The molecule has 1 aromatic heterocycles. The number of benzene rings is 1. The molecule has 0 aliphatic carbocycles. The van der Waals surface area contributed by atoms with Gasteiger partial charge in [0.2, 0.25) is 5.91 Å². The number of likely N-dealkylation sites (tertiary alicyclic amines) is 1. The average Bonchev–Trinajstić information content (AvgIpc) is 3.20. The number of hydrogen-bond donors (Lipinski definition) is 0. The van der Waals surface area contributed by atoms with Crippen LogP contribution in [0.25, 0.3) is 0 Å². The van der Waals surface area contributed by atoms with Crippen molar-refractivity contribution in [3.8, 4) is 0 Å². The molecule has 2 amide bonds. The molecule has 7 heteroatoms. The molecule has 0 spiro atoms. The Morgan fingerprint density at radius 3 is 2.52 bits per heavy atom. The fourth-order valence-electron chi connectivity index (χ4n) is 3.36. The minimum absolute atomic E-state index is 0.000961. The fraction of sp³-hybridized carbons (Fsp3) is 0.400. The van der Waals surface area contributed by atoms with Crippen LogP contribution in [0.3, 0.4) is 0 Å². The van der Waals surface area contributed by atoms with E-state index in [1.807, 2.05) is 13.0 Å². The Kier molecular flexibility index (Phi) is 5.58. The number of amides is 2. The second kappa shape index (κ2) is 7.90. The molecule has 1 unspecified atom stereocenters. The van der Waals surface area contributed by atoms with E-state index in [2.05, 4.69) is 0 Å². The van der Waals surface area contributed by atoms with Gasteiger partial charge in [-0.2, -0.15) is 0 Å². The molecular weight excluding hydrogens is 354 g/mol. The number of halogens is 2. The zero-order valence-electron chi connectivity index (χ0n) is 15.3. The van der Waals surface area contributed by atoms with E-state index >= 15 is 0 Å². The van der Waals surface area contributed by atoms with Gasteiger partial charge in [-0.15, -0.1) is 0 Å². The van der Waals surface area contributed by atoms with Gasteiger partial charge in [0.05, 0.1) is 17.9 Å². The van der Waals surface area contributed by atoms with Gasteiger partial charge in [0.25, 0.3) is 5.91 Å². The first-order valence-corrected chi connectivity index (χ1v) is 8.93. The summed E-state index contributed by atoms with van der Waals surface area (Å²) in [6.45, 7) is 2.61. The number of furan rings is 1. The normalized spacial score (nSPS) is 16.2. The molecule has 2 aromatic rings. The monoisotopic (exact) mass is 376 g/mol. The molecule has 0 bridgehead atoms. The van der Waals surface area contributed by atoms with Crippen LogP contribution in [0, 0.1) is 17.6 Å². The quantitative estimate of drug-likeness (QED) is 0.819. The third kappa shape index (κ3) is 4.02. The molecule has 1 atom stereocenters. The summed E-state index contributed by atoms with van der Waals surface area (Å²) < 4.78 is 32.2. The maximum atomic E-state index is 13.8. The van der Waals surface area contributed by atoms with E-state index in [0.29, 0.717) is 37.8 Å². The molecule has 5 nitrogen and oxygen atoms in total. The van der Waals surface area contributed by atoms with Gasteiger partial charge in [0.1, 0.15) is 17.4 Å². The van der Waals surface area contributed by atoms with Gasteiger partial charge < -0.3 is 14.2 Å². The minimum Gasteiger partial charge on any atom is -0.467 e. The van der Waals surface area contributed by atoms with Crippen molar-refractivity contribution in [2.24, 2.45) is 5.92 Å². The lowest BCUT2D eigenvalue weighted by Gasteiger charge is -2.34. The second-order valence-electron chi connectivity index (χ2n) is 6.83. The first-order valence-electron chi connectivity index (χ1n) is 8.93. The second-order valence-corrected chi connectivity index (χ2v) is 6.83. The molecule has 0 N–H and O–H groups in total. The lowest BCUT2D eigenvalue weighted by atomic mass is 9.94. The van der Waals surface area contributed by atoms with Crippen LogP contribution in [0.4, 0.5) is 8.78 Å². The van der Waals surface area contributed by atoms with Gasteiger partial charge in [-0.3, -0.25) is 9.59 Å². The van der Waals surface area contributed by atoms with Gasteiger partial charge >= 0.3 is 0 Å². The summed E-state index contributed by atoms with van der Waals surface area (Å²) >= 11 is 0. The highest BCUT2D eigenvalue weighted by Gasteiger charge is 2.32. The van der Waals surface area contributed by atoms with Gasteiger partial charge in [-0.1, -0.05) is 0 Å². The molecule has 144 valence electrons. The first-order chi connectivity index (χ1) is 12.9. The van der Waals surface area contributed by atoms with E-state index < -0.39 is 17.5 Å². The van der Waals surface area contributed by atoms with Crippen molar-refractivity contribution in [3.63, 3.8) is 0 Å². The Hall–Kier alpha value is -2.70. The third-order valence-corrected chi connectivity index (χ3v) is 5.18. The van der Waals surface area contributed by atoms with Crippen molar-refractivity contribution in [2.45, 2.75) is 25.8 Å². The Morgan fingerprint density at radius 2 is 1.93 bits per heavy atom. The zero-order chi connectivity index (χ0) is 19.6. The molecule has 0 saturated carbocycles. The summed E-state index contributed by atoms with van der Waals surface area (Å²) in [7, 11) is 1.74. The molecular formula is C20H22F2N2O3. The lowest BCUT2D eigenvalue weighted by Crippen LogP contribution is -2.44. The van der Waals surface area contributed by atoms with Crippen molar-refractivity contribution in [1.29, 1.82) is 0 Å². The number of rotatable bonds is 4. The van der Waals surface area contributed by atoms with Crippen molar-refractivity contribution in [1.82, 2.24) is 9.80 Å². The third-order valence-electron chi connectivity index (χ3n) is 5.18. The van der Waals surface area contributed by atoms with Gasteiger partial charge in [-0.25, -0.2) is 8.78 Å². The number of nitrogens with zero attached hydrogens (tertiary/aromatic N) is 2. The van der Waals surface area contributed by atoms with Crippen LogP contribution >= 0.6 is 0 Å². The molecule has 3 rings (SSSR count). The van der Waals surface area contributed by atoms with Crippen LogP contribution in [-0.2, 0) is 4.79 Å². The zero-order valence-corrected chi connectivity index (χ0v) is 15.3. The summed E-state index contributed by atoms with van der Waals surface area (Å²) in [4.78, 5) is 28.4. The van der Waals surface area contributed by atoms with Gasteiger partial charge in [0.15, 0.2) is 0 Å². The Morgan fingerprint density at radius 1 is 1.22 bits per heavy atom. The number of hydrogen-bond acceptors (Lipinski definition) is 3. The number of piperidine rings is 1. The van der Waals surface area contributed by atoms with Gasteiger partial charge in [0, 0.05) is 32.1 Å². The average molecular weight is 376 g/mol. The highest BCUT2D eigenvalue weighted by Crippen LogP contribution is 2.26. The Labute approximate surface area is 156 Å². The summed E-state index contributed by atoms with van der Waals surface area (Å²) in [6, 6.07) is 6.35. The minimum atomic E-state index is -0.870. The number of carbonyl (C=O) groups is 2. The van der Waals surface area contributed by atoms with Crippen molar-refractivity contribution in [3.05, 3.63) is 59.6 Å². The van der Waals surface area contributed by atoms with Gasteiger partial charge in [-0.05, 0) is 44.0 Å². The van der Waals surface area contributed by atoms with Crippen LogP contribution in [0.15, 0.2) is 41.0 Å². The Balaban J connectivity index is 1.59. The largest absolute Gasteiger partial charge is 0.467 e. The highest BCUT2D eigenvalue weighted by atomic mass is 19.1. The van der Waals surface area contributed by atoms with E-state index in [-0.39, 0.29) is 23.4 Å². The topological polar surface area (TPSA) is 53.8 Å². The highest BCUT2D eigenvalue weighted by molar-refractivity contribution is 5.94. The maximum absolute atomic E-state index is 13.8. The fourth-order valence-corrected chi connectivity index (χ4v) is 3.36. The maximum Gasteiger partial charge on any atom is 0.256 e. The standard InChI is InChI=1S/C20H22F2N2O3/c1-13(18-4-3-11-27-18)23(2)19(25)14-7-9-24(10-8-14)20(26)16-6-5-15(21)12-17(16)22/h3-6,11-14H,7-10H2,1-2H3. The number of carbonyl (C=O) groups excluding carboxylic acids is 2. The lowest BCUT2D eigenvalue weighted by molar-refractivity contribution is -0.137. The predicted molar refractivity (Wildman–Crippen MR) is 94.9 cm³/mol. The Bertz CT molecular complexity index is 815. The molecule has 1 saturated heterocycles. The van der Waals surface area contributed by atoms with Crippen molar-refractivity contribution >= 4 is 11.8 Å². The van der Waals surface area contributed by atoms with Crippen LogP contribution in [0.2, 0.25) is 0 Å². The summed E-state index contributed by atoms with van der Waals surface area (Å²) in [5.74, 6) is -1.55. The van der Waals surface area contributed by atoms with E-state index in [4.69, 9.17) is 4.42 Å². The predicted octanol–water partition coefficient (Wildman–Crippen LogP) is 3.63. The van der Waals surface area contributed by atoms with Crippen molar-refractivity contribution < 1.29 is 22.8 Å². The molecule has 1 fully saturated rings. The first kappa shape index (κ1) is 19.1. The molecule has 27 heavy (non-hydrogen) atoms. The van der Waals surface area contributed by atoms with Crippen molar-refractivity contribution in [2.75, 3.05) is 20.1 Å². The van der Waals surface area contributed by atoms with Crippen LogP contribution < -0.4 is 0 Å². The summed E-state index contributed by atoms with van der Waals surface area (Å²) in [6.07, 6.45) is 2.58. The van der Waals surface area contributed by atoms with Crippen LogP contribution in [0.5, 0.6) is 0 Å². The molecule has 2 heterocycles. The van der Waals surface area contributed by atoms with Crippen LogP contribution in [0.1, 0.15) is 41.9 Å².